The molecule has 2 aromatic carbocycles. The van der Waals surface area contributed by atoms with Crippen molar-refractivity contribution in [2.45, 2.75) is 0 Å². The zero-order chi connectivity index (χ0) is 13.9. The Morgan fingerprint density at radius 2 is 1.25 bits per heavy atom. The lowest BCUT2D eigenvalue weighted by Crippen LogP contribution is -1.94. The molecule has 1 aromatic heterocycles. The van der Waals surface area contributed by atoms with Gasteiger partial charge in [-0.2, -0.15) is 11.3 Å². The van der Waals surface area contributed by atoms with Crippen molar-refractivity contribution < 1.29 is 9.90 Å². The Morgan fingerprint density at radius 1 is 0.750 bits per heavy atom. The van der Waals surface area contributed by atoms with Crippen LogP contribution < -0.4 is 0 Å². The smallest absolute Gasteiger partial charge is 0.335 e. The van der Waals surface area contributed by atoms with E-state index in [9.17, 15) is 4.79 Å². The molecule has 1 heterocycles. The van der Waals surface area contributed by atoms with E-state index in [1.165, 1.54) is 11.1 Å². The lowest BCUT2D eigenvalue weighted by Gasteiger charge is -2.04. The van der Waals surface area contributed by atoms with Gasteiger partial charge < -0.3 is 5.11 Å². The van der Waals surface area contributed by atoms with Crippen molar-refractivity contribution in [3.8, 4) is 22.3 Å². The number of hydrogen-bond acceptors (Lipinski definition) is 2. The van der Waals surface area contributed by atoms with Crippen molar-refractivity contribution in [2.24, 2.45) is 0 Å². The molecule has 0 atom stereocenters. The maximum atomic E-state index is 10.8. The van der Waals surface area contributed by atoms with Crippen molar-refractivity contribution in [3.63, 3.8) is 0 Å². The first kappa shape index (κ1) is 12.6. The summed E-state index contributed by atoms with van der Waals surface area (Å²) in [6.07, 6.45) is 0. The van der Waals surface area contributed by atoms with Crippen LogP contribution in [-0.2, 0) is 0 Å². The standard InChI is InChI=1S/C17H12O2S/c18-17(19)15-7-5-13(6-8-15)12-1-3-14(4-2-12)16-9-10-20-11-16/h1-11H,(H,18,19). The van der Waals surface area contributed by atoms with E-state index in [0.717, 1.165) is 11.1 Å². The van der Waals surface area contributed by atoms with Crippen molar-refractivity contribution in [2.75, 3.05) is 0 Å². The van der Waals surface area contributed by atoms with E-state index < -0.39 is 5.97 Å². The predicted octanol–water partition coefficient (Wildman–Crippen LogP) is 4.78. The molecule has 0 aliphatic carbocycles. The molecule has 0 spiro atoms. The van der Waals surface area contributed by atoms with Crippen molar-refractivity contribution >= 4 is 17.3 Å². The van der Waals surface area contributed by atoms with Gasteiger partial charge in [0.05, 0.1) is 5.56 Å². The van der Waals surface area contributed by atoms with Crippen LogP contribution in [0.25, 0.3) is 22.3 Å². The molecule has 0 unspecified atom stereocenters. The average Bonchev–Trinajstić information content (AvgIpc) is 3.02. The molecule has 1 N–H and O–H groups in total. The molecule has 0 bridgehead atoms. The monoisotopic (exact) mass is 280 g/mol. The molecule has 0 aliphatic heterocycles. The number of rotatable bonds is 3. The molecular formula is C17H12O2S. The lowest BCUT2D eigenvalue weighted by molar-refractivity contribution is 0.0697. The summed E-state index contributed by atoms with van der Waals surface area (Å²) in [5.41, 5.74) is 4.83. The Bertz CT molecular complexity index is 711. The summed E-state index contributed by atoms with van der Waals surface area (Å²) in [6, 6.07) is 17.3. The van der Waals surface area contributed by atoms with Crippen LogP contribution in [-0.4, -0.2) is 11.1 Å². The summed E-state index contributed by atoms with van der Waals surface area (Å²) in [4.78, 5) is 10.8. The quantitative estimate of drug-likeness (QED) is 0.749. The molecule has 3 aromatic rings. The second-order valence-corrected chi connectivity index (χ2v) is 5.25. The summed E-state index contributed by atoms with van der Waals surface area (Å²) in [7, 11) is 0. The van der Waals surface area contributed by atoms with Crippen LogP contribution >= 0.6 is 11.3 Å². The van der Waals surface area contributed by atoms with Crippen molar-refractivity contribution in [1.29, 1.82) is 0 Å². The highest BCUT2D eigenvalue weighted by Gasteiger charge is 2.04. The minimum atomic E-state index is -0.899. The summed E-state index contributed by atoms with van der Waals surface area (Å²) >= 11 is 1.68. The normalized spacial score (nSPS) is 10.4. The highest BCUT2D eigenvalue weighted by atomic mass is 32.1. The Balaban J connectivity index is 1.89. The van der Waals surface area contributed by atoms with E-state index in [1.54, 1.807) is 23.5 Å². The predicted molar refractivity (Wildman–Crippen MR) is 82.2 cm³/mol. The molecule has 0 radical (unpaired) electrons. The molecule has 0 aliphatic rings. The van der Waals surface area contributed by atoms with E-state index >= 15 is 0 Å². The van der Waals surface area contributed by atoms with E-state index in [4.69, 9.17) is 5.11 Å². The van der Waals surface area contributed by atoms with Gasteiger partial charge in [-0.1, -0.05) is 36.4 Å². The number of thiophene rings is 1. The van der Waals surface area contributed by atoms with Crippen LogP contribution in [0, 0.1) is 0 Å². The highest BCUT2D eigenvalue weighted by molar-refractivity contribution is 7.08. The summed E-state index contributed by atoms with van der Waals surface area (Å²) in [6.45, 7) is 0. The Labute approximate surface area is 121 Å². The molecule has 0 amide bonds. The van der Waals surface area contributed by atoms with E-state index in [0.29, 0.717) is 5.56 Å². The van der Waals surface area contributed by atoms with Gasteiger partial charge in [-0.15, -0.1) is 0 Å². The third kappa shape index (κ3) is 2.49. The van der Waals surface area contributed by atoms with Crippen LogP contribution in [0.4, 0.5) is 0 Å². The van der Waals surface area contributed by atoms with Gasteiger partial charge in [0, 0.05) is 0 Å². The van der Waals surface area contributed by atoms with Gasteiger partial charge in [-0.05, 0) is 51.2 Å². The SMILES string of the molecule is O=C(O)c1ccc(-c2ccc(-c3ccsc3)cc2)cc1. The minimum Gasteiger partial charge on any atom is -0.478 e. The van der Waals surface area contributed by atoms with Gasteiger partial charge in [0.15, 0.2) is 0 Å². The van der Waals surface area contributed by atoms with Gasteiger partial charge in [0.25, 0.3) is 0 Å². The van der Waals surface area contributed by atoms with Gasteiger partial charge in [-0.3, -0.25) is 0 Å². The molecule has 98 valence electrons. The van der Waals surface area contributed by atoms with Crippen LogP contribution in [0.2, 0.25) is 0 Å². The fourth-order valence-electron chi connectivity index (χ4n) is 2.09. The maximum Gasteiger partial charge on any atom is 0.335 e. The van der Waals surface area contributed by atoms with E-state index in [2.05, 4.69) is 41.1 Å². The fraction of sp³-hybridized carbons (Fsp3) is 0. The maximum absolute atomic E-state index is 10.8. The zero-order valence-electron chi connectivity index (χ0n) is 10.6. The summed E-state index contributed by atoms with van der Waals surface area (Å²) in [5.74, 6) is -0.899. The summed E-state index contributed by atoms with van der Waals surface area (Å²) < 4.78 is 0. The molecule has 3 rings (SSSR count). The lowest BCUT2D eigenvalue weighted by atomic mass is 10.0. The number of hydrogen-bond donors (Lipinski definition) is 1. The number of benzene rings is 2. The zero-order valence-corrected chi connectivity index (χ0v) is 11.4. The van der Waals surface area contributed by atoms with Gasteiger partial charge >= 0.3 is 5.97 Å². The summed E-state index contributed by atoms with van der Waals surface area (Å²) in [5, 5.41) is 13.1. The molecule has 0 saturated heterocycles. The Hall–Kier alpha value is -2.39. The fourth-order valence-corrected chi connectivity index (χ4v) is 2.75. The molecule has 20 heavy (non-hydrogen) atoms. The first-order valence-corrected chi connectivity index (χ1v) is 7.15. The molecular weight excluding hydrogens is 268 g/mol. The van der Waals surface area contributed by atoms with Crippen LogP contribution in [0.1, 0.15) is 10.4 Å². The second kappa shape index (κ2) is 5.31. The molecule has 0 fully saturated rings. The topological polar surface area (TPSA) is 37.3 Å². The Morgan fingerprint density at radius 3 is 1.70 bits per heavy atom. The third-order valence-corrected chi connectivity index (χ3v) is 3.89. The van der Waals surface area contributed by atoms with Crippen LogP contribution in [0.3, 0.4) is 0 Å². The minimum absolute atomic E-state index is 0.309. The number of aromatic carboxylic acids is 1. The van der Waals surface area contributed by atoms with Crippen LogP contribution in [0.15, 0.2) is 65.4 Å². The molecule has 3 heteroatoms. The highest BCUT2D eigenvalue weighted by Crippen LogP contribution is 2.26. The van der Waals surface area contributed by atoms with Gasteiger partial charge in [0.2, 0.25) is 0 Å². The first-order chi connectivity index (χ1) is 9.74. The Kier molecular flexibility index (Phi) is 3.35. The average molecular weight is 280 g/mol. The molecule has 0 saturated carbocycles. The second-order valence-electron chi connectivity index (χ2n) is 4.47. The van der Waals surface area contributed by atoms with Gasteiger partial charge in [-0.25, -0.2) is 4.79 Å². The van der Waals surface area contributed by atoms with Crippen molar-refractivity contribution in [1.82, 2.24) is 0 Å². The van der Waals surface area contributed by atoms with Gasteiger partial charge in [0.1, 0.15) is 0 Å². The van der Waals surface area contributed by atoms with Crippen LogP contribution in [0.5, 0.6) is 0 Å². The third-order valence-electron chi connectivity index (χ3n) is 3.20. The van der Waals surface area contributed by atoms with E-state index in [-0.39, 0.29) is 0 Å². The number of carboxylic acid groups (broad SMARTS) is 1. The number of carbonyl (C=O) groups is 1. The molecule has 2 nitrogen and oxygen atoms in total. The first-order valence-electron chi connectivity index (χ1n) is 6.20. The largest absolute Gasteiger partial charge is 0.478 e. The number of carboxylic acids is 1. The van der Waals surface area contributed by atoms with Crippen molar-refractivity contribution in [3.05, 3.63) is 70.9 Å². The van der Waals surface area contributed by atoms with E-state index in [1.807, 2.05) is 12.1 Å².